The van der Waals surface area contributed by atoms with Crippen LogP contribution in [-0.2, 0) is 14.1 Å². The summed E-state index contributed by atoms with van der Waals surface area (Å²) >= 11 is 0. The molecule has 0 unspecified atom stereocenters. The first kappa shape index (κ1) is 12.7. The molecule has 0 saturated carbocycles. The van der Waals surface area contributed by atoms with Gasteiger partial charge in [-0.2, -0.15) is 0 Å². The maximum Gasteiger partial charge on any atom is 0.330 e. The molecule has 7 heteroatoms. The van der Waals surface area contributed by atoms with E-state index in [1.165, 1.54) is 41.9 Å². The van der Waals surface area contributed by atoms with Crippen molar-refractivity contribution in [2.24, 2.45) is 14.1 Å². The molecule has 0 N–H and O–H groups in total. The van der Waals surface area contributed by atoms with Crippen LogP contribution in [0.1, 0.15) is 0 Å². The van der Waals surface area contributed by atoms with Gasteiger partial charge in [0.05, 0.1) is 10.6 Å². The topological polar surface area (TPSA) is 87.1 Å². The quantitative estimate of drug-likeness (QED) is 0.587. The van der Waals surface area contributed by atoms with Crippen LogP contribution in [0.2, 0.25) is 0 Å². The summed E-state index contributed by atoms with van der Waals surface area (Å²) in [5, 5.41) is 10.6. The molecule has 2 aromatic rings. The fourth-order valence-electron chi connectivity index (χ4n) is 1.76. The fraction of sp³-hybridized carbons (Fsp3) is 0.167. The summed E-state index contributed by atoms with van der Waals surface area (Å²) in [5.74, 6) is 0. The summed E-state index contributed by atoms with van der Waals surface area (Å²) in [6.45, 7) is 0. The predicted molar refractivity (Wildman–Crippen MR) is 69.0 cm³/mol. The van der Waals surface area contributed by atoms with Crippen LogP contribution in [0.15, 0.2) is 39.9 Å². The second-order valence-electron chi connectivity index (χ2n) is 4.07. The van der Waals surface area contributed by atoms with Gasteiger partial charge in [-0.25, -0.2) is 4.79 Å². The average molecular weight is 261 g/mol. The summed E-state index contributed by atoms with van der Waals surface area (Å²) in [6, 6.07) is 7.00. The first-order valence-electron chi connectivity index (χ1n) is 5.43. The number of benzene rings is 1. The number of aromatic nitrogens is 2. The average Bonchev–Trinajstić information content (AvgIpc) is 2.40. The molecule has 0 aliphatic carbocycles. The molecule has 0 fully saturated rings. The summed E-state index contributed by atoms with van der Waals surface area (Å²) < 4.78 is 2.32. The van der Waals surface area contributed by atoms with E-state index in [0.29, 0.717) is 11.3 Å². The van der Waals surface area contributed by atoms with Crippen molar-refractivity contribution < 1.29 is 4.92 Å². The first-order valence-corrected chi connectivity index (χ1v) is 5.43. The standard InChI is InChI=1S/C12H11N3O4/c1-13-10(7-11(16)14(2)12(13)17)8-3-5-9(6-4-8)15(18)19/h3-7H,1-2H3. The van der Waals surface area contributed by atoms with Gasteiger partial charge in [0.2, 0.25) is 0 Å². The van der Waals surface area contributed by atoms with Crippen LogP contribution in [0.25, 0.3) is 11.3 Å². The highest BCUT2D eigenvalue weighted by Crippen LogP contribution is 2.19. The molecular formula is C12H11N3O4. The van der Waals surface area contributed by atoms with E-state index < -0.39 is 16.2 Å². The van der Waals surface area contributed by atoms with Crippen LogP contribution in [-0.4, -0.2) is 14.1 Å². The van der Waals surface area contributed by atoms with Crippen LogP contribution in [0.4, 0.5) is 5.69 Å². The van der Waals surface area contributed by atoms with Crippen molar-refractivity contribution >= 4 is 5.69 Å². The third-order valence-electron chi connectivity index (χ3n) is 2.90. The molecule has 98 valence electrons. The molecule has 19 heavy (non-hydrogen) atoms. The molecule has 0 bridgehead atoms. The predicted octanol–water partition coefficient (Wildman–Crippen LogP) is 0.659. The van der Waals surface area contributed by atoms with Gasteiger partial charge in [-0.1, -0.05) is 0 Å². The minimum atomic E-state index is -0.507. The maximum absolute atomic E-state index is 11.8. The van der Waals surface area contributed by atoms with Crippen molar-refractivity contribution in [3.8, 4) is 11.3 Å². The molecule has 0 atom stereocenters. The Labute approximate surface area is 107 Å². The molecule has 0 amide bonds. The second-order valence-corrected chi connectivity index (χ2v) is 4.07. The Bertz CT molecular complexity index is 756. The third kappa shape index (κ3) is 2.17. The van der Waals surface area contributed by atoms with Gasteiger partial charge in [0.1, 0.15) is 0 Å². The van der Waals surface area contributed by atoms with E-state index in [1.54, 1.807) is 7.05 Å². The minimum Gasteiger partial charge on any atom is -0.296 e. The zero-order chi connectivity index (χ0) is 14.2. The number of rotatable bonds is 2. The molecule has 1 aromatic heterocycles. The Balaban J connectivity index is 2.63. The van der Waals surface area contributed by atoms with Gasteiger partial charge >= 0.3 is 5.69 Å². The highest BCUT2D eigenvalue weighted by Gasteiger charge is 2.10. The van der Waals surface area contributed by atoms with Crippen LogP contribution < -0.4 is 11.2 Å². The van der Waals surface area contributed by atoms with Crippen molar-refractivity contribution in [3.63, 3.8) is 0 Å². The highest BCUT2D eigenvalue weighted by molar-refractivity contribution is 5.60. The maximum atomic E-state index is 11.8. The minimum absolute atomic E-state index is 0.0439. The number of hydrogen-bond donors (Lipinski definition) is 0. The molecule has 0 aliphatic rings. The van der Waals surface area contributed by atoms with E-state index in [-0.39, 0.29) is 5.69 Å². The van der Waals surface area contributed by atoms with Gasteiger partial charge < -0.3 is 0 Å². The second kappa shape index (κ2) is 4.52. The number of hydrogen-bond acceptors (Lipinski definition) is 4. The van der Waals surface area contributed by atoms with Crippen molar-refractivity contribution in [1.82, 2.24) is 9.13 Å². The summed E-state index contributed by atoms with van der Waals surface area (Å²) in [6.07, 6.45) is 0. The monoisotopic (exact) mass is 261 g/mol. The SMILES string of the molecule is Cn1c(-c2ccc([N+](=O)[O-])cc2)cc(=O)n(C)c1=O. The van der Waals surface area contributed by atoms with Crippen molar-refractivity contribution in [2.75, 3.05) is 0 Å². The Hall–Kier alpha value is -2.70. The van der Waals surface area contributed by atoms with Crippen LogP contribution in [0.3, 0.4) is 0 Å². The lowest BCUT2D eigenvalue weighted by Gasteiger charge is -2.09. The number of nitro groups is 1. The lowest BCUT2D eigenvalue weighted by Crippen LogP contribution is -2.36. The third-order valence-corrected chi connectivity index (χ3v) is 2.90. The van der Waals surface area contributed by atoms with E-state index >= 15 is 0 Å². The fourth-order valence-corrected chi connectivity index (χ4v) is 1.76. The molecular weight excluding hydrogens is 250 g/mol. The lowest BCUT2D eigenvalue weighted by atomic mass is 10.1. The zero-order valence-electron chi connectivity index (χ0n) is 10.4. The van der Waals surface area contributed by atoms with Gasteiger partial charge in [-0.05, 0) is 17.7 Å². The van der Waals surface area contributed by atoms with Crippen LogP contribution >= 0.6 is 0 Å². The molecule has 1 aromatic carbocycles. The number of nitro benzene ring substituents is 1. The Morgan fingerprint density at radius 3 is 2.16 bits per heavy atom. The summed E-state index contributed by atoms with van der Waals surface area (Å²) in [5.41, 5.74) is 0.0841. The van der Waals surface area contributed by atoms with Crippen LogP contribution in [0.5, 0.6) is 0 Å². The van der Waals surface area contributed by atoms with E-state index in [1.807, 2.05) is 0 Å². The Morgan fingerprint density at radius 1 is 1.05 bits per heavy atom. The van der Waals surface area contributed by atoms with Crippen molar-refractivity contribution in [1.29, 1.82) is 0 Å². The van der Waals surface area contributed by atoms with Gasteiger partial charge in [-0.15, -0.1) is 0 Å². The number of nitrogens with zero attached hydrogens (tertiary/aromatic N) is 3. The van der Waals surface area contributed by atoms with E-state index in [9.17, 15) is 19.7 Å². The molecule has 2 rings (SSSR count). The van der Waals surface area contributed by atoms with Gasteiger partial charge in [0.15, 0.2) is 0 Å². The molecule has 0 radical (unpaired) electrons. The molecule has 0 spiro atoms. The zero-order valence-corrected chi connectivity index (χ0v) is 10.4. The smallest absolute Gasteiger partial charge is 0.296 e. The van der Waals surface area contributed by atoms with Crippen molar-refractivity contribution in [2.45, 2.75) is 0 Å². The Kier molecular flexibility index (Phi) is 3.04. The first-order chi connectivity index (χ1) is 8.91. The van der Waals surface area contributed by atoms with Gasteiger partial charge in [-0.3, -0.25) is 24.0 Å². The molecule has 1 heterocycles. The highest BCUT2D eigenvalue weighted by atomic mass is 16.6. The van der Waals surface area contributed by atoms with Gasteiger partial charge in [0, 0.05) is 32.3 Å². The normalized spacial score (nSPS) is 10.4. The molecule has 0 saturated heterocycles. The van der Waals surface area contributed by atoms with Crippen LogP contribution in [0, 0.1) is 10.1 Å². The molecule has 0 aliphatic heterocycles. The van der Waals surface area contributed by atoms with E-state index in [4.69, 9.17) is 0 Å². The van der Waals surface area contributed by atoms with E-state index in [0.717, 1.165) is 4.57 Å². The summed E-state index contributed by atoms with van der Waals surface area (Å²) in [4.78, 5) is 33.4. The van der Waals surface area contributed by atoms with Gasteiger partial charge in [0.25, 0.3) is 11.2 Å². The lowest BCUT2D eigenvalue weighted by molar-refractivity contribution is -0.384. The largest absolute Gasteiger partial charge is 0.330 e. The summed E-state index contributed by atoms with van der Waals surface area (Å²) in [7, 11) is 2.93. The van der Waals surface area contributed by atoms with E-state index in [2.05, 4.69) is 0 Å². The molecule has 7 nitrogen and oxygen atoms in total. The van der Waals surface area contributed by atoms with Crippen molar-refractivity contribution in [3.05, 3.63) is 61.3 Å². The number of non-ortho nitro benzene ring substituents is 1. The Morgan fingerprint density at radius 2 is 1.63 bits per heavy atom.